The summed E-state index contributed by atoms with van der Waals surface area (Å²) < 4.78 is 0. The minimum absolute atomic E-state index is 0.110. The number of nitrogens with zero attached hydrogens (tertiary/aromatic N) is 1. The second kappa shape index (κ2) is 3.96. The predicted molar refractivity (Wildman–Crippen MR) is 32.5 cm³/mol. The second-order valence-electron chi connectivity index (χ2n) is 1.61. The van der Waals surface area contributed by atoms with E-state index in [1.54, 1.807) is 0 Å². The number of nitrogens with two attached hydrogens (primary N) is 1. The Bertz CT molecular complexity index is 114. The van der Waals surface area contributed by atoms with Gasteiger partial charge >= 0.3 is 0 Å². The van der Waals surface area contributed by atoms with Crippen molar-refractivity contribution in [1.82, 2.24) is 5.32 Å². The maximum atomic E-state index is 10.2. The van der Waals surface area contributed by atoms with Gasteiger partial charge in [-0.2, -0.15) is 0 Å². The van der Waals surface area contributed by atoms with E-state index in [-0.39, 0.29) is 12.5 Å². The molecule has 0 fully saturated rings. The Morgan fingerprint density at radius 2 is 2.44 bits per heavy atom. The molecule has 0 aliphatic carbocycles. The van der Waals surface area contributed by atoms with E-state index in [1.165, 1.54) is 6.92 Å². The van der Waals surface area contributed by atoms with Crippen molar-refractivity contribution in [3.8, 4) is 0 Å². The minimum atomic E-state index is -0.825. The van der Waals surface area contributed by atoms with Crippen molar-refractivity contribution in [3.63, 3.8) is 0 Å². The number of hydrogen-bond acceptors (Lipinski definition) is 4. The van der Waals surface area contributed by atoms with Crippen molar-refractivity contribution in [2.24, 2.45) is 10.9 Å². The lowest BCUT2D eigenvalue weighted by atomic mass is 10.5. The van der Waals surface area contributed by atoms with Gasteiger partial charge in [-0.3, -0.25) is 4.79 Å². The summed E-state index contributed by atoms with van der Waals surface area (Å²) in [4.78, 5) is 19.7. The highest BCUT2D eigenvalue weighted by molar-refractivity contribution is 5.72. The van der Waals surface area contributed by atoms with Gasteiger partial charge in [-0.25, -0.2) is 0 Å². The smallest absolute Gasteiger partial charge is 0.216 e. The first-order valence-electron chi connectivity index (χ1n) is 2.49. The fraction of sp³-hybridized carbons (Fsp3) is 0.750. The average Bonchev–Trinajstić information content (AvgIpc) is 1.83. The highest BCUT2D eigenvalue weighted by Crippen LogP contribution is 1.74. The molecule has 1 atom stereocenters. The maximum Gasteiger partial charge on any atom is 0.216 e. The standard InChI is InChI=1S/C4H9N3O2/c1-3(8)6-2-4(5)7-9/h4H,2,5H2,1H3,(H,6,8). The number of rotatable bonds is 3. The Morgan fingerprint density at radius 1 is 1.89 bits per heavy atom. The van der Waals surface area contributed by atoms with Crippen LogP contribution in [0.1, 0.15) is 6.92 Å². The summed E-state index contributed by atoms with van der Waals surface area (Å²) in [5, 5.41) is 4.81. The molecule has 0 spiro atoms. The van der Waals surface area contributed by atoms with Crippen LogP contribution in [0.2, 0.25) is 0 Å². The molecule has 5 heteroatoms. The van der Waals surface area contributed by atoms with Gasteiger partial charge in [0.05, 0.1) is 6.54 Å². The molecule has 0 radical (unpaired) electrons. The Balaban J connectivity index is 3.26. The Hall–Kier alpha value is -0.970. The lowest BCUT2D eigenvalue weighted by molar-refractivity contribution is -0.119. The van der Waals surface area contributed by atoms with Gasteiger partial charge < -0.3 is 11.1 Å². The van der Waals surface area contributed by atoms with E-state index < -0.39 is 6.17 Å². The van der Waals surface area contributed by atoms with Gasteiger partial charge in [-0.1, -0.05) is 0 Å². The van der Waals surface area contributed by atoms with Crippen LogP contribution in [0.25, 0.3) is 0 Å². The maximum absolute atomic E-state index is 10.2. The van der Waals surface area contributed by atoms with Crippen LogP contribution in [0.5, 0.6) is 0 Å². The largest absolute Gasteiger partial charge is 0.353 e. The molecule has 3 N–H and O–H groups in total. The van der Waals surface area contributed by atoms with E-state index in [4.69, 9.17) is 5.73 Å². The third kappa shape index (κ3) is 4.89. The number of nitrogens with one attached hydrogen (secondary N) is 1. The number of hydrogen-bond donors (Lipinski definition) is 2. The lowest BCUT2D eigenvalue weighted by Gasteiger charge is -2.00. The molecule has 0 aromatic heterocycles. The fourth-order valence-corrected chi connectivity index (χ4v) is 0.286. The Morgan fingerprint density at radius 3 is 2.78 bits per heavy atom. The monoisotopic (exact) mass is 131 g/mol. The van der Waals surface area contributed by atoms with Gasteiger partial charge in [-0.05, 0) is 5.18 Å². The number of nitroso groups, excluding NO2 is 1. The predicted octanol–water partition coefficient (Wildman–Crippen LogP) is -0.826. The van der Waals surface area contributed by atoms with Gasteiger partial charge in [0.25, 0.3) is 0 Å². The molecular formula is C4H9N3O2. The highest BCUT2D eigenvalue weighted by Gasteiger charge is 1.99. The van der Waals surface area contributed by atoms with E-state index >= 15 is 0 Å². The molecule has 0 heterocycles. The molecule has 0 saturated carbocycles. The van der Waals surface area contributed by atoms with Crippen LogP contribution in [-0.2, 0) is 4.79 Å². The van der Waals surface area contributed by atoms with Crippen molar-refractivity contribution in [3.05, 3.63) is 4.91 Å². The first-order chi connectivity index (χ1) is 4.16. The minimum Gasteiger partial charge on any atom is -0.353 e. The lowest BCUT2D eigenvalue weighted by Crippen LogP contribution is -2.34. The van der Waals surface area contributed by atoms with Crippen LogP contribution in [0.4, 0.5) is 0 Å². The zero-order valence-electron chi connectivity index (χ0n) is 5.13. The van der Waals surface area contributed by atoms with Crippen LogP contribution >= 0.6 is 0 Å². The number of amides is 1. The number of carbonyl (C=O) groups excluding carboxylic acids is 1. The summed E-state index contributed by atoms with van der Waals surface area (Å²) >= 11 is 0. The normalized spacial score (nSPS) is 12.2. The third-order valence-corrected chi connectivity index (χ3v) is 0.696. The first-order valence-corrected chi connectivity index (χ1v) is 2.49. The summed E-state index contributed by atoms with van der Waals surface area (Å²) in [5.74, 6) is -0.214. The van der Waals surface area contributed by atoms with Crippen LogP contribution in [0.15, 0.2) is 5.18 Å². The van der Waals surface area contributed by atoms with Crippen LogP contribution in [-0.4, -0.2) is 18.6 Å². The summed E-state index contributed by atoms with van der Waals surface area (Å²) in [6.45, 7) is 1.45. The van der Waals surface area contributed by atoms with Gasteiger partial charge in [0.15, 0.2) is 6.17 Å². The summed E-state index contributed by atoms with van der Waals surface area (Å²) in [7, 11) is 0. The topological polar surface area (TPSA) is 84.6 Å². The van der Waals surface area contributed by atoms with Crippen molar-refractivity contribution >= 4 is 5.91 Å². The molecule has 9 heavy (non-hydrogen) atoms. The third-order valence-electron chi connectivity index (χ3n) is 0.696. The molecule has 0 aliphatic heterocycles. The molecule has 1 amide bonds. The molecular weight excluding hydrogens is 122 g/mol. The Labute approximate surface area is 52.6 Å². The molecule has 5 nitrogen and oxygen atoms in total. The van der Waals surface area contributed by atoms with E-state index in [9.17, 15) is 9.70 Å². The molecule has 0 saturated heterocycles. The highest BCUT2D eigenvalue weighted by atomic mass is 16.3. The van der Waals surface area contributed by atoms with Crippen molar-refractivity contribution < 1.29 is 4.79 Å². The quantitative estimate of drug-likeness (QED) is 0.490. The van der Waals surface area contributed by atoms with E-state index in [0.717, 1.165) is 0 Å². The average molecular weight is 131 g/mol. The summed E-state index contributed by atoms with van der Waals surface area (Å²) in [6, 6.07) is 0. The van der Waals surface area contributed by atoms with Crippen molar-refractivity contribution in [1.29, 1.82) is 0 Å². The van der Waals surface area contributed by atoms with Crippen LogP contribution < -0.4 is 11.1 Å². The van der Waals surface area contributed by atoms with E-state index in [2.05, 4.69) is 10.5 Å². The summed E-state index contributed by atoms with van der Waals surface area (Å²) in [5.41, 5.74) is 5.03. The van der Waals surface area contributed by atoms with Crippen LogP contribution in [0, 0.1) is 4.91 Å². The molecule has 1 unspecified atom stereocenters. The zero-order chi connectivity index (χ0) is 7.28. The molecule has 0 aliphatic rings. The van der Waals surface area contributed by atoms with Gasteiger partial charge in [0.1, 0.15) is 0 Å². The van der Waals surface area contributed by atoms with Gasteiger partial charge in [0.2, 0.25) is 5.91 Å². The SMILES string of the molecule is CC(=O)NCC(N)N=O. The van der Waals surface area contributed by atoms with E-state index in [0.29, 0.717) is 0 Å². The zero-order valence-corrected chi connectivity index (χ0v) is 5.13. The second-order valence-corrected chi connectivity index (χ2v) is 1.61. The molecule has 0 bridgehead atoms. The van der Waals surface area contributed by atoms with Gasteiger partial charge in [0, 0.05) is 6.92 Å². The molecule has 0 aromatic carbocycles. The molecule has 0 aromatic rings. The fourth-order valence-electron chi connectivity index (χ4n) is 0.286. The molecule has 52 valence electrons. The van der Waals surface area contributed by atoms with E-state index in [1.807, 2.05) is 0 Å². The summed E-state index contributed by atoms with van der Waals surface area (Å²) in [6.07, 6.45) is -0.825. The Kier molecular flexibility index (Phi) is 3.54. The number of carbonyl (C=O) groups is 1. The molecule has 0 rings (SSSR count). The van der Waals surface area contributed by atoms with Gasteiger partial charge in [-0.15, -0.1) is 4.91 Å². The van der Waals surface area contributed by atoms with Crippen LogP contribution in [0.3, 0.4) is 0 Å². The van der Waals surface area contributed by atoms with Crippen molar-refractivity contribution in [2.75, 3.05) is 6.54 Å². The van der Waals surface area contributed by atoms with Crippen molar-refractivity contribution in [2.45, 2.75) is 13.1 Å². The first kappa shape index (κ1) is 8.03.